The highest BCUT2D eigenvalue weighted by Crippen LogP contribution is 2.18. The predicted octanol–water partition coefficient (Wildman–Crippen LogP) is 2.31. The van der Waals surface area contributed by atoms with Gasteiger partial charge in [0.2, 0.25) is 0 Å². The topological polar surface area (TPSA) is 41.4 Å². The molecule has 0 radical (unpaired) electrons. The number of hydrogen-bond acceptors (Lipinski definition) is 3. The fraction of sp³-hybridized carbons (Fsp3) is 0.375. The number of piperazine rings is 1. The van der Waals surface area contributed by atoms with Crippen molar-refractivity contribution in [1.29, 1.82) is 0 Å². The molecular formula is C16H17ClF2N4O. The van der Waals surface area contributed by atoms with Crippen LogP contribution in [0.4, 0.5) is 8.78 Å². The molecule has 1 aromatic carbocycles. The van der Waals surface area contributed by atoms with Gasteiger partial charge in [-0.25, -0.2) is 8.78 Å². The smallest absolute Gasteiger partial charge is 0.256 e. The van der Waals surface area contributed by atoms with Crippen molar-refractivity contribution in [1.82, 2.24) is 19.6 Å². The number of aromatic nitrogens is 2. The van der Waals surface area contributed by atoms with Crippen LogP contribution in [0.3, 0.4) is 0 Å². The van der Waals surface area contributed by atoms with E-state index in [2.05, 4.69) is 10.00 Å². The lowest BCUT2D eigenvalue weighted by Crippen LogP contribution is -2.48. The summed E-state index contributed by atoms with van der Waals surface area (Å²) in [4.78, 5) is 16.1. The van der Waals surface area contributed by atoms with Gasteiger partial charge in [0, 0.05) is 52.0 Å². The molecule has 0 saturated carbocycles. The van der Waals surface area contributed by atoms with Crippen LogP contribution in [0, 0.1) is 11.6 Å². The Labute approximate surface area is 143 Å². The van der Waals surface area contributed by atoms with Crippen LogP contribution < -0.4 is 0 Å². The van der Waals surface area contributed by atoms with Crippen LogP contribution in [0.1, 0.15) is 16.1 Å². The van der Waals surface area contributed by atoms with Crippen molar-refractivity contribution < 1.29 is 13.6 Å². The SMILES string of the molecule is Cn1cc(Cl)c(CN2CCN(C(=O)c3ccc(F)cc3F)CC2)n1. The Morgan fingerprint density at radius 3 is 2.54 bits per heavy atom. The number of rotatable bonds is 3. The number of carbonyl (C=O) groups is 1. The molecule has 1 fully saturated rings. The first-order valence-corrected chi connectivity index (χ1v) is 7.96. The van der Waals surface area contributed by atoms with E-state index in [0.717, 1.165) is 17.8 Å². The van der Waals surface area contributed by atoms with E-state index in [1.807, 2.05) is 7.05 Å². The molecule has 2 heterocycles. The second kappa shape index (κ2) is 6.86. The lowest BCUT2D eigenvalue weighted by molar-refractivity contribution is 0.0622. The second-order valence-corrected chi connectivity index (χ2v) is 6.20. The maximum absolute atomic E-state index is 13.7. The van der Waals surface area contributed by atoms with E-state index in [9.17, 15) is 13.6 Å². The minimum Gasteiger partial charge on any atom is -0.336 e. The second-order valence-electron chi connectivity index (χ2n) is 5.79. The summed E-state index contributed by atoms with van der Waals surface area (Å²) in [5.74, 6) is -1.94. The largest absolute Gasteiger partial charge is 0.336 e. The minimum absolute atomic E-state index is 0.0994. The van der Waals surface area contributed by atoms with Gasteiger partial charge in [-0.05, 0) is 12.1 Å². The van der Waals surface area contributed by atoms with Crippen LogP contribution in [-0.2, 0) is 13.6 Å². The van der Waals surface area contributed by atoms with Crippen molar-refractivity contribution in [2.24, 2.45) is 7.05 Å². The van der Waals surface area contributed by atoms with Gasteiger partial charge >= 0.3 is 0 Å². The molecule has 1 aliphatic heterocycles. The number of benzene rings is 1. The zero-order valence-electron chi connectivity index (χ0n) is 13.2. The summed E-state index contributed by atoms with van der Waals surface area (Å²) < 4.78 is 28.4. The molecule has 1 aromatic heterocycles. The monoisotopic (exact) mass is 354 g/mol. The number of amides is 1. The van der Waals surface area contributed by atoms with Crippen molar-refractivity contribution in [3.8, 4) is 0 Å². The summed E-state index contributed by atoms with van der Waals surface area (Å²) in [5, 5.41) is 4.92. The quantitative estimate of drug-likeness (QED) is 0.849. The Hall–Kier alpha value is -1.99. The Morgan fingerprint density at radius 1 is 1.25 bits per heavy atom. The molecular weight excluding hydrogens is 338 g/mol. The Balaban J connectivity index is 1.60. The standard InChI is InChI=1S/C16H17ClF2N4O/c1-21-9-13(17)15(20-21)10-22-4-6-23(7-5-22)16(24)12-3-2-11(18)8-14(12)19/h2-3,8-9H,4-7,10H2,1H3. The molecule has 0 N–H and O–H groups in total. The number of hydrogen-bond donors (Lipinski definition) is 0. The number of aryl methyl sites for hydroxylation is 1. The van der Waals surface area contributed by atoms with Crippen molar-refractivity contribution in [2.45, 2.75) is 6.54 Å². The van der Waals surface area contributed by atoms with Gasteiger partial charge in [-0.15, -0.1) is 0 Å². The lowest BCUT2D eigenvalue weighted by Gasteiger charge is -2.34. The summed E-state index contributed by atoms with van der Waals surface area (Å²) in [6.07, 6.45) is 1.74. The van der Waals surface area contributed by atoms with Crippen molar-refractivity contribution >= 4 is 17.5 Å². The maximum Gasteiger partial charge on any atom is 0.256 e. The Bertz CT molecular complexity index is 757. The summed E-state index contributed by atoms with van der Waals surface area (Å²) in [7, 11) is 1.81. The molecule has 1 amide bonds. The van der Waals surface area contributed by atoms with Gasteiger partial charge in [0.25, 0.3) is 5.91 Å². The fourth-order valence-corrected chi connectivity index (χ4v) is 3.01. The number of carbonyl (C=O) groups excluding carboxylic acids is 1. The van der Waals surface area contributed by atoms with E-state index in [1.54, 1.807) is 15.8 Å². The number of nitrogens with zero attached hydrogens (tertiary/aromatic N) is 4. The highest BCUT2D eigenvalue weighted by molar-refractivity contribution is 6.31. The number of halogens is 3. The molecule has 0 spiro atoms. The molecule has 24 heavy (non-hydrogen) atoms. The average Bonchev–Trinajstić information content (AvgIpc) is 2.85. The van der Waals surface area contributed by atoms with Crippen LogP contribution in [0.15, 0.2) is 24.4 Å². The molecule has 0 atom stereocenters. The van der Waals surface area contributed by atoms with E-state index in [-0.39, 0.29) is 5.56 Å². The minimum atomic E-state index is -0.831. The van der Waals surface area contributed by atoms with Crippen LogP contribution in [0.2, 0.25) is 5.02 Å². The predicted molar refractivity (Wildman–Crippen MR) is 85.8 cm³/mol. The molecule has 128 valence electrons. The molecule has 5 nitrogen and oxygen atoms in total. The van der Waals surface area contributed by atoms with Gasteiger partial charge in [0.15, 0.2) is 0 Å². The van der Waals surface area contributed by atoms with Gasteiger partial charge in [-0.2, -0.15) is 5.10 Å². The fourth-order valence-electron chi connectivity index (χ4n) is 2.77. The first-order valence-electron chi connectivity index (χ1n) is 7.59. The molecule has 0 aliphatic carbocycles. The van der Waals surface area contributed by atoms with E-state index in [0.29, 0.717) is 37.7 Å². The summed E-state index contributed by atoms with van der Waals surface area (Å²) in [6, 6.07) is 3.01. The van der Waals surface area contributed by atoms with Crippen LogP contribution in [0.5, 0.6) is 0 Å². The van der Waals surface area contributed by atoms with E-state index in [1.165, 1.54) is 6.07 Å². The molecule has 1 saturated heterocycles. The Morgan fingerprint density at radius 2 is 1.96 bits per heavy atom. The molecule has 0 unspecified atom stereocenters. The van der Waals surface area contributed by atoms with Gasteiger partial charge in [-0.1, -0.05) is 11.6 Å². The van der Waals surface area contributed by atoms with Crippen LogP contribution in [0.25, 0.3) is 0 Å². The molecule has 8 heteroatoms. The third-order valence-electron chi connectivity index (χ3n) is 4.05. The van der Waals surface area contributed by atoms with Crippen molar-refractivity contribution in [3.63, 3.8) is 0 Å². The van der Waals surface area contributed by atoms with Gasteiger partial charge in [0.1, 0.15) is 11.6 Å². The average molecular weight is 355 g/mol. The highest BCUT2D eigenvalue weighted by atomic mass is 35.5. The van der Waals surface area contributed by atoms with Gasteiger partial charge in [0.05, 0.1) is 16.3 Å². The molecule has 2 aromatic rings. The first-order chi connectivity index (χ1) is 11.4. The lowest BCUT2D eigenvalue weighted by atomic mass is 10.1. The maximum atomic E-state index is 13.7. The first kappa shape index (κ1) is 16.9. The molecule has 3 rings (SSSR count). The van der Waals surface area contributed by atoms with E-state index >= 15 is 0 Å². The van der Waals surface area contributed by atoms with Gasteiger partial charge < -0.3 is 4.90 Å². The zero-order chi connectivity index (χ0) is 17.3. The normalized spacial score (nSPS) is 15.8. The highest BCUT2D eigenvalue weighted by Gasteiger charge is 2.25. The Kier molecular flexibility index (Phi) is 4.82. The van der Waals surface area contributed by atoms with Gasteiger partial charge in [-0.3, -0.25) is 14.4 Å². The van der Waals surface area contributed by atoms with Crippen LogP contribution in [-0.4, -0.2) is 51.7 Å². The van der Waals surface area contributed by atoms with E-state index < -0.39 is 17.5 Å². The summed E-state index contributed by atoms with van der Waals surface area (Å²) in [6.45, 7) is 2.83. The third kappa shape index (κ3) is 3.57. The zero-order valence-corrected chi connectivity index (χ0v) is 13.9. The summed E-state index contributed by atoms with van der Waals surface area (Å²) in [5.41, 5.74) is 0.696. The summed E-state index contributed by atoms with van der Waals surface area (Å²) >= 11 is 6.11. The van der Waals surface area contributed by atoms with Crippen molar-refractivity contribution in [2.75, 3.05) is 26.2 Å². The van der Waals surface area contributed by atoms with Crippen LogP contribution >= 0.6 is 11.6 Å². The van der Waals surface area contributed by atoms with E-state index in [4.69, 9.17) is 11.6 Å². The third-order valence-corrected chi connectivity index (χ3v) is 4.36. The van der Waals surface area contributed by atoms with Crippen molar-refractivity contribution in [3.05, 3.63) is 52.3 Å². The molecule has 0 bridgehead atoms. The molecule has 1 aliphatic rings.